The minimum atomic E-state index is -0.974. The van der Waals surface area contributed by atoms with Gasteiger partial charge in [-0.25, -0.2) is 9.59 Å². The highest BCUT2D eigenvalue weighted by Gasteiger charge is 2.20. The molecule has 0 heterocycles. The molecular weight excluding hydrogens is 346 g/mol. The fraction of sp³-hybridized carbons (Fsp3) is 0.250. The van der Waals surface area contributed by atoms with Gasteiger partial charge in [0.15, 0.2) is 6.10 Å². The van der Waals surface area contributed by atoms with Crippen LogP contribution in [0.1, 0.15) is 34.8 Å². The normalized spacial score (nSPS) is 13.4. The Morgan fingerprint density at radius 2 is 1.74 bits per heavy atom. The predicted octanol–water partition coefficient (Wildman–Crippen LogP) is 2.85. The van der Waals surface area contributed by atoms with Gasteiger partial charge >= 0.3 is 12.0 Å². The SMILES string of the molecule is C[C@@H](OC(=O)c1cccc(NC(N)=O)c1)C(=O)Nc1ccc2c(c1)CCC2. The van der Waals surface area contributed by atoms with Gasteiger partial charge < -0.3 is 21.1 Å². The maximum absolute atomic E-state index is 12.3. The molecule has 0 radical (unpaired) electrons. The van der Waals surface area contributed by atoms with E-state index >= 15 is 0 Å². The van der Waals surface area contributed by atoms with E-state index in [1.54, 1.807) is 12.1 Å². The summed E-state index contributed by atoms with van der Waals surface area (Å²) in [6, 6.07) is 11.2. The Labute approximate surface area is 156 Å². The summed E-state index contributed by atoms with van der Waals surface area (Å²) < 4.78 is 5.23. The summed E-state index contributed by atoms with van der Waals surface area (Å²) in [7, 11) is 0. The number of benzene rings is 2. The summed E-state index contributed by atoms with van der Waals surface area (Å²) >= 11 is 0. The van der Waals surface area contributed by atoms with E-state index in [0.717, 1.165) is 19.3 Å². The molecule has 0 fully saturated rings. The molecule has 1 aliphatic rings. The maximum Gasteiger partial charge on any atom is 0.338 e. The number of carbonyl (C=O) groups is 3. The summed E-state index contributed by atoms with van der Waals surface area (Å²) in [5.74, 6) is -1.08. The number of nitrogens with one attached hydrogen (secondary N) is 2. The number of nitrogens with two attached hydrogens (primary N) is 1. The Kier molecular flexibility index (Phi) is 5.40. The molecule has 140 valence electrons. The standard InChI is InChI=1S/C20H21N3O4/c1-12(18(24)22-17-9-8-13-4-2-5-14(13)10-17)27-19(25)15-6-3-7-16(11-15)23-20(21)26/h3,6-12H,2,4-5H2,1H3,(H,22,24)(H3,21,23,26)/t12-/m1/s1. The summed E-state index contributed by atoms with van der Waals surface area (Å²) in [6.07, 6.45) is 2.24. The van der Waals surface area contributed by atoms with Gasteiger partial charge in [-0.2, -0.15) is 0 Å². The van der Waals surface area contributed by atoms with Crippen molar-refractivity contribution in [2.75, 3.05) is 10.6 Å². The third-order valence-corrected chi connectivity index (χ3v) is 4.38. The van der Waals surface area contributed by atoms with Gasteiger partial charge in [-0.15, -0.1) is 0 Å². The number of rotatable bonds is 5. The molecule has 1 aliphatic carbocycles. The molecule has 0 spiro atoms. The molecule has 7 heteroatoms. The molecule has 7 nitrogen and oxygen atoms in total. The Morgan fingerprint density at radius 1 is 1.00 bits per heavy atom. The molecule has 27 heavy (non-hydrogen) atoms. The van der Waals surface area contributed by atoms with E-state index < -0.39 is 24.0 Å². The third-order valence-electron chi connectivity index (χ3n) is 4.38. The average Bonchev–Trinajstić information content (AvgIpc) is 3.09. The molecule has 1 atom stereocenters. The fourth-order valence-electron chi connectivity index (χ4n) is 3.04. The van der Waals surface area contributed by atoms with Crippen LogP contribution in [0, 0.1) is 0 Å². The Bertz CT molecular complexity index is 895. The number of primary amides is 1. The van der Waals surface area contributed by atoms with Gasteiger partial charge in [0, 0.05) is 11.4 Å². The van der Waals surface area contributed by atoms with Crippen molar-refractivity contribution in [2.45, 2.75) is 32.3 Å². The zero-order valence-electron chi connectivity index (χ0n) is 15.0. The summed E-state index contributed by atoms with van der Waals surface area (Å²) in [5, 5.41) is 5.16. The molecule has 0 aromatic heterocycles. The smallest absolute Gasteiger partial charge is 0.338 e. The molecule has 3 amide bonds. The third kappa shape index (κ3) is 4.63. The van der Waals surface area contributed by atoms with Crippen LogP contribution in [-0.2, 0) is 22.4 Å². The average molecular weight is 367 g/mol. The first-order valence-electron chi connectivity index (χ1n) is 8.72. The molecule has 0 bridgehead atoms. The Morgan fingerprint density at radius 3 is 2.52 bits per heavy atom. The topological polar surface area (TPSA) is 111 Å². The Hall–Kier alpha value is -3.35. The Balaban J connectivity index is 1.60. The molecular formula is C20H21N3O4. The number of ether oxygens (including phenoxy) is 1. The summed E-state index contributed by atoms with van der Waals surface area (Å²) in [6.45, 7) is 1.51. The van der Waals surface area contributed by atoms with Crippen LogP contribution in [0.5, 0.6) is 0 Å². The molecule has 3 rings (SSSR count). The molecule has 4 N–H and O–H groups in total. The molecule has 0 unspecified atom stereocenters. The number of anilines is 2. The van der Waals surface area contributed by atoms with Crippen molar-refractivity contribution in [3.05, 3.63) is 59.2 Å². The molecule has 2 aromatic rings. The van der Waals surface area contributed by atoms with Crippen LogP contribution in [0.3, 0.4) is 0 Å². The van der Waals surface area contributed by atoms with Crippen LogP contribution in [0.2, 0.25) is 0 Å². The van der Waals surface area contributed by atoms with Crippen molar-refractivity contribution in [3.63, 3.8) is 0 Å². The second kappa shape index (κ2) is 7.90. The lowest BCUT2D eigenvalue weighted by Gasteiger charge is -2.14. The lowest BCUT2D eigenvalue weighted by atomic mass is 10.1. The molecule has 0 saturated carbocycles. The van der Waals surface area contributed by atoms with Crippen molar-refractivity contribution in [1.82, 2.24) is 0 Å². The van der Waals surface area contributed by atoms with Gasteiger partial charge in [0.2, 0.25) is 0 Å². The largest absolute Gasteiger partial charge is 0.449 e. The zero-order valence-corrected chi connectivity index (χ0v) is 15.0. The first kappa shape index (κ1) is 18.4. The number of esters is 1. The number of fused-ring (bicyclic) bond motifs is 1. The van der Waals surface area contributed by atoms with E-state index in [1.807, 2.05) is 18.2 Å². The number of aryl methyl sites for hydroxylation is 2. The van der Waals surface area contributed by atoms with Crippen LogP contribution >= 0.6 is 0 Å². The van der Waals surface area contributed by atoms with Gasteiger partial charge in [0.1, 0.15) is 0 Å². The van der Waals surface area contributed by atoms with Gasteiger partial charge in [-0.3, -0.25) is 4.79 Å². The van der Waals surface area contributed by atoms with Gasteiger partial charge in [0.05, 0.1) is 5.56 Å². The number of hydrogen-bond donors (Lipinski definition) is 3. The number of carbonyl (C=O) groups excluding carboxylic acids is 3. The highest BCUT2D eigenvalue weighted by atomic mass is 16.5. The fourth-order valence-corrected chi connectivity index (χ4v) is 3.04. The molecule has 2 aromatic carbocycles. The number of hydrogen-bond acceptors (Lipinski definition) is 4. The lowest BCUT2D eigenvalue weighted by Crippen LogP contribution is -2.30. The highest BCUT2D eigenvalue weighted by molar-refractivity contribution is 5.98. The monoisotopic (exact) mass is 367 g/mol. The van der Waals surface area contributed by atoms with E-state index in [-0.39, 0.29) is 5.56 Å². The van der Waals surface area contributed by atoms with E-state index in [0.29, 0.717) is 11.4 Å². The van der Waals surface area contributed by atoms with Crippen molar-refractivity contribution >= 4 is 29.3 Å². The number of urea groups is 1. The first-order chi connectivity index (χ1) is 12.9. The highest BCUT2D eigenvalue weighted by Crippen LogP contribution is 2.25. The van der Waals surface area contributed by atoms with E-state index in [2.05, 4.69) is 10.6 Å². The van der Waals surface area contributed by atoms with Gasteiger partial charge in [-0.1, -0.05) is 12.1 Å². The van der Waals surface area contributed by atoms with Crippen LogP contribution in [-0.4, -0.2) is 24.0 Å². The quantitative estimate of drug-likeness (QED) is 0.706. The second-order valence-corrected chi connectivity index (χ2v) is 6.44. The van der Waals surface area contributed by atoms with Gasteiger partial charge in [-0.05, 0) is 67.6 Å². The predicted molar refractivity (Wildman–Crippen MR) is 102 cm³/mol. The first-order valence-corrected chi connectivity index (χ1v) is 8.72. The van der Waals surface area contributed by atoms with Crippen LogP contribution in [0.15, 0.2) is 42.5 Å². The van der Waals surface area contributed by atoms with Crippen LogP contribution in [0.4, 0.5) is 16.2 Å². The zero-order chi connectivity index (χ0) is 19.4. The summed E-state index contributed by atoms with van der Waals surface area (Å²) in [4.78, 5) is 35.5. The van der Waals surface area contributed by atoms with E-state index in [4.69, 9.17) is 10.5 Å². The van der Waals surface area contributed by atoms with Crippen molar-refractivity contribution in [3.8, 4) is 0 Å². The van der Waals surface area contributed by atoms with E-state index in [9.17, 15) is 14.4 Å². The molecule has 0 aliphatic heterocycles. The van der Waals surface area contributed by atoms with Crippen molar-refractivity contribution in [1.29, 1.82) is 0 Å². The molecule has 0 saturated heterocycles. The van der Waals surface area contributed by atoms with Gasteiger partial charge in [0.25, 0.3) is 5.91 Å². The summed E-state index contributed by atoms with van der Waals surface area (Å²) in [5.41, 5.74) is 8.89. The minimum absolute atomic E-state index is 0.207. The van der Waals surface area contributed by atoms with E-state index in [1.165, 1.54) is 30.2 Å². The van der Waals surface area contributed by atoms with Crippen LogP contribution < -0.4 is 16.4 Å². The van der Waals surface area contributed by atoms with Crippen molar-refractivity contribution < 1.29 is 19.1 Å². The maximum atomic E-state index is 12.3. The second-order valence-electron chi connectivity index (χ2n) is 6.44. The lowest BCUT2D eigenvalue weighted by molar-refractivity contribution is -0.123. The van der Waals surface area contributed by atoms with Crippen molar-refractivity contribution in [2.24, 2.45) is 5.73 Å². The van der Waals surface area contributed by atoms with Crippen LogP contribution in [0.25, 0.3) is 0 Å². The minimum Gasteiger partial charge on any atom is -0.449 e. The number of amides is 3.